The smallest absolute Gasteiger partial charge is 0.264 e. The number of nitrogens with one attached hydrogen (secondary N) is 2. The van der Waals surface area contributed by atoms with Crippen LogP contribution in [0.2, 0.25) is 0 Å². The van der Waals surface area contributed by atoms with Gasteiger partial charge in [-0.3, -0.25) is 9.52 Å². The average molecular weight is 468 g/mol. The Kier molecular flexibility index (Phi) is 4.75. The van der Waals surface area contributed by atoms with Crippen molar-refractivity contribution in [1.82, 2.24) is 4.98 Å². The van der Waals surface area contributed by atoms with E-state index < -0.39 is 10.0 Å². The molecule has 0 saturated carbocycles. The lowest BCUT2D eigenvalue weighted by Crippen LogP contribution is -2.13. The zero-order chi connectivity index (χ0) is 22.5. The molecule has 8 nitrogen and oxygen atoms in total. The second-order valence-corrected chi connectivity index (χ2v) is 9.51. The van der Waals surface area contributed by atoms with Gasteiger partial charge in [0.15, 0.2) is 5.13 Å². The number of amides is 1. The Morgan fingerprint density at radius 3 is 2.66 bits per heavy atom. The lowest BCUT2D eigenvalue weighted by Gasteiger charge is -2.10. The fourth-order valence-corrected chi connectivity index (χ4v) is 5.89. The van der Waals surface area contributed by atoms with Crippen molar-refractivity contribution >= 4 is 48.9 Å². The molecule has 1 aliphatic rings. The average Bonchev–Trinajstić information content (AvgIpc) is 3.38. The largest absolute Gasteiger partial charge is 0.497 e. The summed E-state index contributed by atoms with van der Waals surface area (Å²) in [5, 5.41) is 5.77. The first-order valence-electron chi connectivity index (χ1n) is 9.49. The Morgan fingerprint density at radius 1 is 1.03 bits per heavy atom. The lowest BCUT2D eigenvalue weighted by atomic mass is 10.1. The van der Waals surface area contributed by atoms with Crippen molar-refractivity contribution in [2.24, 2.45) is 0 Å². The van der Waals surface area contributed by atoms with Crippen molar-refractivity contribution in [3.63, 3.8) is 0 Å². The van der Waals surface area contributed by atoms with Crippen LogP contribution in [0.1, 0.15) is 10.4 Å². The third-order valence-electron chi connectivity index (χ3n) is 5.19. The van der Waals surface area contributed by atoms with Crippen molar-refractivity contribution in [3.8, 4) is 22.8 Å². The summed E-state index contributed by atoms with van der Waals surface area (Å²) in [5.74, 6) is 0.979. The molecule has 5 rings (SSSR count). The number of nitrogens with zero attached hydrogens (tertiary/aromatic N) is 1. The molecule has 3 aromatic carbocycles. The number of methoxy groups -OCH3 is 2. The number of aromatic nitrogens is 1. The number of sulfonamides is 1. The number of benzene rings is 3. The standard InChI is InChI=1S/C22H17N3O5S2/c1-29-12-6-8-18(30-2)15(10-12)17-11-31-22(24-17)25-32(27,28)19-9-7-16-20-13(19)4-3-5-14(20)21(26)23-16/h3-11H,1-2H3,(H,23,26)(H,24,25). The molecule has 0 radical (unpaired) electrons. The first-order valence-corrected chi connectivity index (χ1v) is 11.9. The van der Waals surface area contributed by atoms with Gasteiger partial charge in [0.1, 0.15) is 11.5 Å². The number of thiazole rings is 1. The van der Waals surface area contributed by atoms with E-state index in [0.717, 1.165) is 11.3 Å². The Balaban J connectivity index is 1.52. The van der Waals surface area contributed by atoms with E-state index in [9.17, 15) is 13.2 Å². The van der Waals surface area contributed by atoms with Crippen LogP contribution in [0.4, 0.5) is 10.8 Å². The SMILES string of the molecule is COc1ccc(OC)c(-c2csc(NS(=O)(=O)c3ccc4c5c(cccc35)C(=O)N4)n2)c1. The summed E-state index contributed by atoms with van der Waals surface area (Å²) >= 11 is 1.16. The van der Waals surface area contributed by atoms with Crippen LogP contribution in [-0.4, -0.2) is 33.5 Å². The molecule has 1 aliphatic heterocycles. The van der Waals surface area contributed by atoms with E-state index in [1.165, 1.54) is 6.07 Å². The van der Waals surface area contributed by atoms with E-state index in [-0.39, 0.29) is 15.9 Å². The van der Waals surface area contributed by atoms with Crippen LogP contribution in [0.15, 0.2) is 58.8 Å². The highest BCUT2D eigenvalue weighted by atomic mass is 32.2. The molecule has 2 N–H and O–H groups in total. The van der Waals surface area contributed by atoms with Gasteiger partial charge in [-0.05, 0) is 36.4 Å². The van der Waals surface area contributed by atoms with E-state index in [1.807, 2.05) is 0 Å². The number of carbonyl (C=O) groups excluding carboxylic acids is 1. The Morgan fingerprint density at radius 2 is 1.88 bits per heavy atom. The highest BCUT2D eigenvalue weighted by Gasteiger charge is 2.27. The molecular weight excluding hydrogens is 450 g/mol. The molecule has 2 heterocycles. The number of rotatable bonds is 6. The van der Waals surface area contributed by atoms with Crippen molar-refractivity contribution < 1.29 is 22.7 Å². The first-order chi connectivity index (χ1) is 15.4. The maximum atomic E-state index is 13.2. The van der Waals surface area contributed by atoms with Gasteiger partial charge < -0.3 is 14.8 Å². The van der Waals surface area contributed by atoms with Crippen molar-refractivity contribution in [2.75, 3.05) is 24.3 Å². The van der Waals surface area contributed by atoms with E-state index >= 15 is 0 Å². The van der Waals surface area contributed by atoms with E-state index in [4.69, 9.17) is 9.47 Å². The van der Waals surface area contributed by atoms with Crippen molar-refractivity contribution in [2.45, 2.75) is 4.90 Å². The lowest BCUT2D eigenvalue weighted by molar-refractivity contribution is 0.103. The maximum absolute atomic E-state index is 13.2. The van der Waals surface area contributed by atoms with Crippen LogP contribution >= 0.6 is 11.3 Å². The third kappa shape index (κ3) is 3.24. The molecule has 162 valence electrons. The molecule has 0 atom stereocenters. The molecule has 1 aromatic heterocycles. The van der Waals surface area contributed by atoms with Gasteiger partial charge in [-0.1, -0.05) is 12.1 Å². The molecule has 0 aliphatic carbocycles. The van der Waals surface area contributed by atoms with Gasteiger partial charge in [-0.25, -0.2) is 13.4 Å². The summed E-state index contributed by atoms with van der Waals surface area (Å²) in [7, 11) is -0.843. The van der Waals surface area contributed by atoms with Crippen LogP contribution in [-0.2, 0) is 10.0 Å². The predicted octanol–water partition coefficient (Wildman–Crippen LogP) is 4.35. The number of anilines is 2. The van der Waals surface area contributed by atoms with Gasteiger partial charge >= 0.3 is 0 Å². The fraction of sp³-hybridized carbons (Fsp3) is 0.0909. The monoisotopic (exact) mass is 467 g/mol. The minimum absolute atomic E-state index is 0.0744. The highest BCUT2D eigenvalue weighted by Crippen LogP contribution is 2.38. The molecule has 4 aromatic rings. The van der Waals surface area contributed by atoms with Gasteiger partial charge in [0, 0.05) is 33.0 Å². The second-order valence-electron chi connectivity index (χ2n) is 7.00. The van der Waals surface area contributed by atoms with E-state index in [0.29, 0.717) is 44.8 Å². The molecule has 1 amide bonds. The number of hydrogen-bond donors (Lipinski definition) is 2. The summed E-state index contributed by atoms with van der Waals surface area (Å²) in [4.78, 5) is 16.6. The van der Waals surface area contributed by atoms with Crippen LogP contribution in [0.3, 0.4) is 0 Å². The summed E-state index contributed by atoms with van der Waals surface area (Å²) < 4.78 is 39.7. The molecule has 32 heavy (non-hydrogen) atoms. The fourth-order valence-electron chi connectivity index (χ4n) is 3.73. The molecule has 0 bridgehead atoms. The van der Waals surface area contributed by atoms with E-state index in [1.54, 1.807) is 62.1 Å². The molecular formula is C22H17N3O5S2. The summed E-state index contributed by atoms with van der Waals surface area (Å²) in [5.41, 5.74) is 2.29. The zero-order valence-corrected chi connectivity index (χ0v) is 18.6. The third-order valence-corrected chi connectivity index (χ3v) is 7.48. The molecule has 0 spiro atoms. The summed E-state index contributed by atoms with van der Waals surface area (Å²) in [6.07, 6.45) is 0. The molecule has 0 fully saturated rings. The number of hydrogen-bond acceptors (Lipinski definition) is 7. The van der Waals surface area contributed by atoms with Crippen LogP contribution in [0, 0.1) is 0 Å². The highest BCUT2D eigenvalue weighted by molar-refractivity contribution is 7.93. The van der Waals surface area contributed by atoms with Crippen molar-refractivity contribution in [3.05, 3.63) is 59.5 Å². The zero-order valence-electron chi connectivity index (χ0n) is 17.0. The van der Waals surface area contributed by atoms with Crippen molar-refractivity contribution in [1.29, 1.82) is 0 Å². The van der Waals surface area contributed by atoms with Gasteiger partial charge in [-0.15, -0.1) is 11.3 Å². The minimum atomic E-state index is -3.96. The molecule has 10 heteroatoms. The van der Waals surface area contributed by atoms with Crippen LogP contribution in [0.25, 0.3) is 22.0 Å². The Bertz CT molecular complexity index is 1490. The normalized spacial score (nSPS) is 12.6. The van der Waals surface area contributed by atoms with Crippen LogP contribution in [0.5, 0.6) is 11.5 Å². The van der Waals surface area contributed by atoms with Gasteiger partial charge in [0.25, 0.3) is 15.9 Å². The summed E-state index contributed by atoms with van der Waals surface area (Å²) in [6, 6.07) is 13.4. The quantitative estimate of drug-likeness (QED) is 0.437. The predicted molar refractivity (Wildman–Crippen MR) is 123 cm³/mol. The Hall–Kier alpha value is -3.63. The topological polar surface area (TPSA) is 107 Å². The second kappa shape index (κ2) is 7.50. The van der Waals surface area contributed by atoms with Gasteiger partial charge in [0.2, 0.25) is 0 Å². The van der Waals surface area contributed by atoms with E-state index in [2.05, 4.69) is 15.0 Å². The maximum Gasteiger partial charge on any atom is 0.264 e. The summed E-state index contributed by atoms with van der Waals surface area (Å²) in [6.45, 7) is 0. The number of carbonyl (C=O) groups is 1. The van der Waals surface area contributed by atoms with Gasteiger partial charge in [0.05, 0.1) is 24.8 Å². The van der Waals surface area contributed by atoms with Gasteiger partial charge in [-0.2, -0.15) is 0 Å². The number of ether oxygens (including phenoxy) is 2. The molecule has 0 saturated heterocycles. The first kappa shape index (κ1) is 20.3. The Labute approximate surface area is 187 Å². The molecule has 0 unspecified atom stereocenters. The van der Waals surface area contributed by atoms with Crippen LogP contribution < -0.4 is 19.5 Å². The minimum Gasteiger partial charge on any atom is -0.497 e.